The van der Waals surface area contributed by atoms with E-state index in [4.69, 9.17) is 4.74 Å². The van der Waals surface area contributed by atoms with Crippen molar-refractivity contribution in [3.8, 4) is 0 Å². The molecule has 2 rings (SSSR count). The van der Waals surface area contributed by atoms with Crippen molar-refractivity contribution in [1.82, 2.24) is 5.32 Å². The minimum Gasteiger partial charge on any atom is -0.383 e. The van der Waals surface area contributed by atoms with Crippen LogP contribution in [-0.2, 0) is 11.2 Å². The minimum atomic E-state index is 0.422. The molecule has 2 heteroatoms. The summed E-state index contributed by atoms with van der Waals surface area (Å²) in [5, 5.41) is 3.61. The van der Waals surface area contributed by atoms with Gasteiger partial charge in [-0.3, -0.25) is 0 Å². The number of aryl methyl sites for hydroxylation is 1. The zero-order valence-corrected chi connectivity index (χ0v) is 9.49. The highest BCUT2D eigenvalue weighted by Crippen LogP contribution is 2.30. The maximum atomic E-state index is 5.14. The van der Waals surface area contributed by atoms with Crippen LogP contribution >= 0.6 is 0 Å². The smallest absolute Gasteiger partial charge is 0.0613 e. The Bertz CT molecular complexity index is 324. The van der Waals surface area contributed by atoms with E-state index in [9.17, 15) is 0 Å². The van der Waals surface area contributed by atoms with Gasteiger partial charge in [0, 0.05) is 19.2 Å². The Morgan fingerprint density at radius 3 is 3.07 bits per heavy atom. The lowest BCUT2D eigenvalue weighted by Crippen LogP contribution is -2.32. The van der Waals surface area contributed by atoms with Gasteiger partial charge in [-0.05, 0) is 30.9 Å². The zero-order chi connectivity index (χ0) is 10.7. The van der Waals surface area contributed by atoms with Crippen LogP contribution in [-0.4, -0.2) is 19.8 Å². The van der Waals surface area contributed by atoms with E-state index in [0.717, 1.165) is 6.61 Å². The summed E-state index contributed by atoms with van der Waals surface area (Å²) in [6, 6.07) is 9.66. The highest BCUT2D eigenvalue weighted by molar-refractivity contribution is 5.34. The number of methoxy groups -OCH3 is 1. The van der Waals surface area contributed by atoms with Crippen LogP contribution < -0.4 is 5.32 Å². The first-order valence-corrected chi connectivity index (χ1v) is 5.64. The average Bonchev–Trinajstić information content (AvgIpc) is 2.62. The number of benzene rings is 1. The molecular formula is C13H19NO. The fourth-order valence-electron chi connectivity index (χ4n) is 2.37. The van der Waals surface area contributed by atoms with Crippen molar-refractivity contribution in [2.24, 2.45) is 0 Å². The van der Waals surface area contributed by atoms with Gasteiger partial charge < -0.3 is 10.1 Å². The molecule has 15 heavy (non-hydrogen) atoms. The Kier molecular flexibility index (Phi) is 3.39. The topological polar surface area (TPSA) is 21.3 Å². The number of ether oxygens (including phenoxy) is 1. The van der Waals surface area contributed by atoms with Crippen LogP contribution in [0.1, 0.15) is 30.5 Å². The molecule has 0 heterocycles. The van der Waals surface area contributed by atoms with Gasteiger partial charge in [-0.1, -0.05) is 24.3 Å². The monoisotopic (exact) mass is 205 g/mol. The van der Waals surface area contributed by atoms with Gasteiger partial charge in [0.05, 0.1) is 6.61 Å². The predicted molar refractivity (Wildman–Crippen MR) is 62.0 cm³/mol. The molecule has 0 radical (unpaired) electrons. The summed E-state index contributed by atoms with van der Waals surface area (Å²) in [4.78, 5) is 0. The zero-order valence-electron chi connectivity index (χ0n) is 9.49. The maximum Gasteiger partial charge on any atom is 0.0613 e. The normalized spacial score (nSPS) is 21.3. The standard InChI is InChI=1S/C13H19NO/c1-10(9-15-2)14-13-8-7-11-5-3-4-6-12(11)13/h3-6,10,13-14H,7-9H2,1-2H3. The van der Waals surface area contributed by atoms with E-state index >= 15 is 0 Å². The summed E-state index contributed by atoms with van der Waals surface area (Å²) in [7, 11) is 1.75. The summed E-state index contributed by atoms with van der Waals surface area (Å²) in [5.41, 5.74) is 2.97. The Morgan fingerprint density at radius 2 is 2.27 bits per heavy atom. The first-order valence-electron chi connectivity index (χ1n) is 5.64. The second-order valence-electron chi connectivity index (χ2n) is 4.31. The van der Waals surface area contributed by atoms with Crippen molar-refractivity contribution in [3.63, 3.8) is 0 Å². The van der Waals surface area contributed by atoms with Gasteiger partial charge in [0.15, 0.2) is 0 Å². The van der Waals surface area contributed by atoms with Gasteiger partial charge in [-0.15, -0.1) is 0 Å². The Balaban J connectivity index is 2.01. The molecule has 1 N–H and O–H groups in total. The lowest BCUT2D eigenvalue weighted by Gasteiger charge is -2.19. The second-order valence-corrected chi connectivity index (χ2v) is 4.31. The molecule has 2 nitrogen and oxygen atoms in total. The van der Waals surface area contributed by atoms with Gasteiger partial charge >= 0.3 is 0 Å². The fraction of sp³-hybridized carbons (Fsp3) is 0.538. The molecule has 0 aliphatic heterocycles. The number of nitrogens with one attached hydrogen (secondary N) is 1. The third-order valence-corrected chi connectivity index (χ3v) is 3.04. The van der Waals surface area contributed by atoms with E-state index in [1.165, 1.54) is 24.0 Å². The molecule has 2 atom stereocenters. The van der Waals surface area contributed by atoms with Crippen molar-refractivity contribution in [2.75, 3.05) is 13.7 Å². The van der Waals surface area contributed by atoms with E-state index in [-0.39, 0.29) is 0 Å². The van der Waals surface area contributed by atoms with E-state index in [1.807, 2.05) is 0 Å². The van der Waals surface area contributed by atoms with Gasteiger partial charge in [0.2, 0.25) is 0 Å². The van der Waals surface area contributed by atoms with Crippen molar-refractivity contribution >= 4 is 0 Å². The van der Waals surface area contributed by atoms with Crippen LogP contribution in [0.25, 0.3) is 0 Å². The van der Waals surface area contributed by atoms with Crippen molar-refractivity contribution in [3.05, 3.63) is 35.4 Å². The SMILES string of the molecule is COCC(C)NC1CCc2ccccc21. The fourth-order valence-corrected chi connectivity index (χ4v) is 2.37. The van der Waals surface area contributed by atoms with E-state index in [2.05, 4.69) is 36.5 Å². The van der Waals surface area contributed by atoms with Gasteiger partial charge in [-0.2, -0.15) is 0 Å². The maximum absolute atomic E-state index is 5.14. The molecule has 2 unspecified atom stereocenters. The van der Waals surface area contributed by atoms with Gasteiger partial charge in [0.1, 0.15) is 0 Å². The Labute approximate surface area is 91.6 Å². The summed E-state index contributed by atoms with van der Waals surface area (Å²) in [6.07, 6.45) is 2.42. The highest BCUT2D eigenvalue weighted by atomic mass is 16.5. The lowest BCUT2D eigenvalue weighted by molar-refractivity contribution is 0.166. The molecule has 1 aromatic rings. The molecule has 1 aliphatic rings. The van der Waals surface area contributed by atoms with Crippen LogP contribution in [0.3, 0.4) is 0 Å². The molecule has 0 amide bonds. The quantitative estimate of drug-likeness (QED) is 0.814. The molecule has 0 saturated carbocycles. The van der Waals surface area contributed by atoms with Gasteiger partial charge in [0.25, 0.3) is 0 Å². The van der Waals surface area contributed by atoms with Crippen LogP contribution in [0.15, 0.2) is 24.3 Å². The molecule has 0 saturated heterocycles. The molecule has 1 aromatic carbocycles. The minimum absolute atomic E-state index is 0.422. The van der Waals surface area contributed by atoms with Gasteiger partial charge in [-0.25, -0.2) is 0 Å². The van der Waals surface area contributed by atoms with Crippen molar-refractivity contribution in [1.29, 1.82) is 0 Å². The lowest BCUT2D eigenvalue weighted by atomic mass is 10.1. The molecule has 0 aromatic heterocycles. The molecule has 0 bridgehead atoms. The summed E-state index contributed by atoms with van der Waals surface area (Å²) >= 11 is 0. The number of fused-ring (bicyclic) bond motifs is 1. The van der Waals surface area contributed by atoms with E-state index < -0.39 is 0 Å². The van der Waals surface area contributed by atoms with Crippen LogP contribution in [0.5, 0.6) is 0 Å². The highest BCUT2D eigenvalue weighted by Gasteiger charge is 2.22. The van der Waals surface area contributed by atoms with Crippen LogP contribution in [0.4, 0.5) is 0 Å². The second kappa shape index (κ2) is 4.77. The first kappa shape index (κ1) is 10.7. The molecule has 0 spiro atoms. The first-order chi connectivity index (χ1) is 7.31. The molecule has 0 fully saturated rings. The van der Waals surface area contributed by atoms with E-state index in [1.54, 1.807) is 7.11 Å². The largest absolute Gasteiger partial charge is 0.383 e. The third kappa shape index (κ3) is 2.39. The number of hydrogen-bond donors (Lipinski definition) is 1. The predicted octanol–water partition coefficient (Wildman–Crippen LogP) is 2.30. The van der Waals surface area contributed by atoms with Crippen LogP contribution in [0.2, 0.25) is 0 Å². The summed E-state index contributed by atoms with van der Waals surface area (Å²) in [5.74, 6) is 0. The number of rotatable bonds is 4. The van der Waals surface area contributed by atoms with E-state index in [0.29, 0.717) is 12.1 Å². The van der Waals surface area contributed by atoms with Crippen molar-refractivity contribution in [2.45, 2.75) is 31.8 Å². The molecule has 1 aliphatic carbocycles. The summed E-state index contributed by atoms with van der Waals surface area (Å²) < 4.78 is 5.14. The third-order valence-electron chi connectivity index (χ3n) is 3.04. The summed E-state index contributed by atoms with van der Waals surface area (Å²) in [6.45, 7) is 2.95. The van der Waals surface area contributed by atoms with Crippen molar-refractivity contribution < 1.29 is 4.74 Å². The Hall–Kier alpha value is -0.860. The molecule has 82 valence electrons. The average molecular weight is 205 g/mol. The molecular weight excluding hydrogens is 186 g/mol. The van der Waals surface area contributed by atoms with Crippen LogP contribution in [0, 0.1) is 0 Å². The Morgan fingerprint density at radius 1 is 1.47 bits per heavy atom. The number of hydrogen-bond acceptors (Lipinski definition) is 2.